The van der Waals surface area contributed by atoms with Crippen molar-refractivity contribution in [2.45, 2.75) is 26.2 Å². The van der Waals surface area contributed by atoms with Crippen LogP contribution in [-0.2, 0) is 5.41 Å². The first-order valence-corrected chi connectivity index (χ1v) is 7.00. The maximum Gasteiger partial charge on any atom is 0.288 e. The summed E-state index contributed by atoms with van der Waals surface area (Å²) in [5, 5.41) is 0. The van der Waals surface area contributed by atoms with Crippen LogP contribution in [0.1, 0.15) is 47.2 Å². The highest BCUT2D eigenvalue weighted by Gasteiger charge is 2.14. The number of hydrazine groups is 1. The second-order valence-corrected chi connectivity index (χ2v) is 5.95. The number of nitrogens with one attached hydrogen (secondary N) is 2. The van der Waals surface area contributed by atoms with Crippen LogP contribution in [0.25, 0.3) is 0 Å². The third kappa shape index (κ3) is 3.91. The summed E-state index contributed by atoms with van der Waals surface area (Å²) < 4.78 is 0. The van der Waals surface area contributed by atoms with E-state index in [9.17, 15) is 9.59 Å². The lowest BCUT2D eigenvalue weighted by atomic mass is 9.87. The fraction of sp³-hybridized carbons (Fsp3) is 0.235. The predicted octanol–water partition coefficient (Wildman–Crippen LogP) is 2.45. The van der Waals surface area contributed by atoms with E-state index in [4.69, 9.17) is 0 Å². The number of hydrogen-bond donors (Lipinski definition) is 2. The number of amides is 2. The van der Waals surface area contributed by atoms with Crippen molar-refractivity contribution in [1.82, 2.24) is 15.8 Å². The van der Waals surface area contributed by atoms with Gasteiger partial charge in [0.25, 0.3) is 11.8 Å². The second-order valence-electron chi connectivity index (χ2n) is 5.95. The summed E-state index contributed by atoms with van der Waals surface area (Å²) in [5.41, 5.74) is 6.61. The first-order chi connectivity index (χ1) is 10.4. The van der Waals surface area contributed by atoms with E-state index in [1.54, 1.807) is 30.3 Å². The van der Waals surface area contributed by atoms with Crippen molar-refractivity contribution >= 4 is 11.8 Å². The highest BCUT2D eigenvalue weighted by Crippen LogP contribution is 2.22. The molecule has 1 aromatic carbocycles. The van der Waals surface area contributed by atoms with E-state index >= 15 is 0 Å². The maximum atomic E-state index is 12.0. The molecule has 2 amide bonds. The van der Waals surface area contributed by atoms with Crippen LogP contribution in [0.5, 0.6) is 0 Å². The predicted molar refractivity (Wildman–Crippen MR) is 84.3 cm³/mol. The molecule has 0 aliphatic heterocycles. The second kappa shape index (κ2) is 6.39. The molecule has 2 aromatic rings. The fourth-order valence-electron chi connectivity index (χ4n) is 1.87. The van der Waals surface area contributed by atoms with Crippen molar-refractivity contribution in [2.24, 2.45) is 0 Å². The summed E-state index contributed by atoms with van der Waals surface area (Å²) in [7, 11) is 0. The standard InChI is InChI=1S/C17H19N3O2/c1-17(2,3)13-9-7-12(8-10-13)15(21)19-20-16(22)14-6-4-5-11-18-14/h4-11H,1-3H3,(H,19,21)(H,20,22). The van der Waals surface area contributed by atoms with Crippen molar-refractivity contribution in [1.29, 1.82) is 0 Å². The van der Waals surface area contributed by atoms with Crippen LogP contribution >= 0.6 is 0 Å². The van der Waals surface area contributed by atoms with Crippen molar-refractivity contribution in [2.75, 3.05) is 0 Å². The highest BCUT2D eigenvalue weighted by molar-refractivity contribution is 5.98. The Hall–Kier alpha value is -2.69. The van der Waals surface area contributed by atoms with Crippen LogP contribution in [0.4, 0.5) is 0 Å². The SMILES string of the molecule is CC(C)(C)c1ccc(C(=O)NNC(=O)c2ccccn2)cc1. The fourth-order valence-corrected chi connectivity index (χ4v) is 1.87. The molecule has 0 saturated carbocycles. The van der Waals surface area contributed by atoms with Crippen LogP contribution in [0.3, 0.4) is 0 Å². The van der Waals surface area contributed by atoms with Gasteiger partial charge < -0.3 is 0 Å². The minimum atomic E-state index is -0.458. The van der Waals surface area contributed by atoms with Gasteiger partial charge >= 0.3 is 0 Å². The molecule has 0 unspecified atom stereocenters. The molecule has 5 heteroatoms. The van der Waals surface area contributed by atoms with Gasteiger partial charge in [-0.2, -0.15) is 0 Å². The number of benzene rings is 1. The van der Waals surface area contributed by atoms with Gasteiger partial charge in [0, 0.05) is 11.8 Å². The largest absolute Gasteiger partial charge is 0.288 e. The van der Waals surface area contributed by atoms with Crippen molar-refractivity contribution in [3.8, 4) is 0 Å². The molecule has 0 aliphatic rings. The Morgan fingerprint density at radius 1 is 0.909 bits per heavy atom. The quantitative estimate of drug-likeness (QED) is 0.836. The van der Waals surface area contributed by atoms with Crippen LogP contribution in [0.15, 0.2) is 48.7 Å². The van der Waals surface area contributed by atoms with E-state index in [1.807, 2.05) is 12.1 Å². The third-order valence-corrected chi connectivity index (χ3v) is 3.20. The summed E-state index contributed by atoms with van der Waals surface area (Å²) >= 11 is 0. The zero-order chi connectivity index (χ0) is 16.2. The van der Waals surface area contributed by atoms with Crippen LogP contribution < -0.4 is 10.9 Å². The van der Waals surface area contributed by atoms with E-state index in [0.29, 0.717) is 5.56 Å². The Morgan fingerprint density at radius 3 is 2.09 bits per heavy atom. The zero-order valence-corrected chi connectivity index (χ0v) is 12.9. The third-order valence-electron chi connectivity index (χ3n) is 3.20. The lowest BCUT2D eigenvalue weighted by Crippen LogP contribution is -2.41. The molecule has 114 valence electrons. The van der Waals surface area contributed by atoms with Crippen LogP contribution in [-0.4, -0.2) is 16.8 Å². The summed E-state index contributed by atoms with van der Waals surface area (Å²) in [6.07, 6.45) is 1.52. The zero-order valence-electron chi connectivity index (χ0n) is 12.9. The van der Waals surface area contributed by atoms with Gasteiger partial charge in [0.15, 0.2) is 0 Å². The van der Waals surface area contributed by atoms with E-state index in [-0.39, 0.29) is 17.0 Å². The van der Waals surface area contributed by atoms with Gasteiger partial charge in [-0.25, -0.2) is 0 Å². The number of aromatic nitrogens is 1. The molecule has 2 rings (SSSR count). The van der Waals surface area contributed by atoms with Gasteiger partial charge in [-0.1, -0.05) is 39.0 Å². The minimum Gasteiger partial charge on any atom is -0.267 e. The Labute approximate surface area is 129 Å². The van der Waals surface area contributed by atoms with Gasteiger partial charge in [0.1, 0.15) is 5.69 Å². The molecular formula is C17H19N3O2. The lowest BCUT2D eigenvalue weighted by molar-refractivity contribution is 0.0844. The Bertz CT molecular complexity index is 659. The summed E-state index contributed by atoms with van der Waals surface area (Å²) in [5.74, 6) is -0.829. The van der Waals surface area contributed by atoms with Crippen LogP contribution in [0.2, 0.25) is 0 Å². The van der Waals surface area contributed by atoms with Gasteiger partial charge in [0.2, 0.25) is 0 Å². The highest BCUT2D eigenvalue weighted by atomic mass is 16.2. The molecule has 0 aliphatic carbocycles. The molecule has 2 N–H and O–H groups in total. The first kappa shape index (κ1) is 15.7. The smallest absolute Gasteiger partial charge is 0.267 e. The lowest BCUT2D eigenvalue weighted by Gasteiger charge is -2.19. The topological polar surface area (TPSA) is 71.1 Å². The van der Waals surface area contributed by atoms with Crippen molar-refractivity contribution in [3.63, 3.8) is 0 Å². The molecule has 0 atom stereocenters. The maximum absolute atomic E-state index is 12.0. The average Bonchev–Trinajstić information content (AvgIpc) is 2.52. The number of pyridine rings is 1. The summed E-state index contributed by atoms with van der Waals surface area (Å²) in [6, 6.07) is 12.3. The van der Waals surface area contributed by atoms with Gasteiger partial charge in [0.05, 0.1) is 0 Å². The number of carbonyl (C=O) groups is 2. The van der Waals surface area contributed by atoms with E-state index in [0.717, 1.165) is 5.56 Å². The van der Waals surface area contributed by atoms with E-state index in [1.165, 1.54) is 6.20 Å². The average molecular weight is 297 g/mol. The summed E-state index contributed by atoms with van der Waals surface area (Å²) in [4.78, 5) is 27.7. The number of hydrogen-bond acceptors (Lipinski definition) is 3. The van der Waals surface area contributed by atoms with Crippen molar-refractivity contribution in [3.05, 3.63) is 65.5 Å². The molecule has 0 radical (unpaired) electrons. The Balaban J connectivity index is 1.97. The molecule has 0 saturated heterocycles. The van der Waals surface area contributed by atoms with Crippen LogP contribution in [0, 0.1) is 0 Å². The molecule has 5 nitrogen and oxygen atoms in total. The Morgan fingerprint density at radius 2 is 1.55 bits per heavy atom. The number of rotatable bonds is 2. The van der Waals surface area contributed by atoms with Crippen molar-refractivity contribution < 1.29 is 9.59 Å². The monoisotopic (exact) mass is 297 g/mol. The van der Waals surface area contributed by atoms with Gasteiger partial charge in [-0.3, -0.25) is 25.4 Å². The minimum absolute atomic E-state index is 0.0300. The molecule has 0 bridgehead atoms. The molecule has 1 heterocycles. The molecule has 0 spiro atoms. The summed E-state index contributed by atoms with van der Waals surface area (Å²) in [6.45, 7) is 6.32. The first-order valence-electron chi connectivity index (χ1n) is 7.00. The van der Waals surface area contributed by atoms with E-state index in [2.05, 4.69) is 36.6 Å². The van der Waals surface area contributed by atoms with Gasteiger partial charge in [-0.15, -0.1) is 0 Å². The molecular weight excluding hydrogens is 278 g/mol. The number of nitrogens with zero attached hydrogens (tertiary/aromatic N) is 1. The molecule has 22 heavy (non-hydrogen) atoms. The molecule has 0 fully saturated rings. The van der Waals surface area contributed by atoms with E-state index < -0.39 is 5.91 Å². The normalized spacial score (nSPS) is 10.9. The molecule has 1 aromatic heterocycles. The van der Waals surface area contributed by atoms with Gasteiger partial charge in [-0.05, 0) is 35.2 Å². The number of carbonyl (C=O) groups excluding carboxylic acids is 2. The Kier molecular flexibility index (Phi) is 4.56.